The molecule has 1 unspecified atom stereocenters. The van der Waals surface area contributed by atoms with Gasteiger partial charge in [0, 0.05) is 76.7 Å². The number of anilines is 3. The van der Waals surface area contributed by atoms with E-state index in [1.807, 2.05) is 58.0 Å². The molecule has 2 aliphatic heterocycles. The predicted octanol–water partition coefficient (Wildman–Crippen LogP) is 2.58. The number of aliphatic hydroxyl groups excluding tert-OH is 1. The van der Waals surface area contributed by atoms with E-state index in [2.05, 4.69) is 53.2 Å². The molecule has 0 spiro atoms. The molecule has 0 bridgehead atoms. The summed E-state index contributed by atoms with van der Waals surface area (Å²) in [4.78, 5) is 87.6. The highest BCUT2D eigenvalue weighted by Crippen LogP contribution is 2.38. The zero-order valence-electron chi connectivity index (χ0n) is 43.5. The van der Waals surface area contributed by atoms with E-state index in [4.69, 9.17) is 24.9 Å². The Bertz CT molecular complexity index is 2890. The Balaban J connectivity index is 0.821. The molecule has 2 saturated heterocycles. The molecule has 23 heteroatoms. The normalized spacial score (nSPS) is 17.0. The van der Waals surface area contributed by atoms with Gasteiger partial charge in [-0.3, -0.25) is 28.7 Å². The molecule has 75 heavy (non-hydrogen) atoms. The minimum absolute atomic E-state index is 0.0475. The molecule has 3 atom stereocenters. The first-order valence-corrected chi connectivity index (χ1v) is 25.9. The summed E-state index contributed by atoms with van der Waals surface area (Å²) in [6.45, 7) is 10.9. The molecule has 1 aliphatic carbocycles. The van der Waals surface area contributed by atoms with Crippen LogP contribution < -0.4 is 36.6 Å². The van der Waals surface area contributed by atoms with Gasteiger partial charge in [0.05, 0.1) is 71.8 Å². The molecule has 5 aromatic rings. The Labute approximate surface area is 439 Å². The first-order valence-electron chi connectivity index (χ1n) is 25.0. The number of hydrogen-bond acceptors (Lipinski definition) is 17. The van der Waals surface area contributed by atoms with E-state index in [1.54, 1.807) is 40.8 Å². The second-order valence-corrected chi connectivity index (χ2v) is 20.9. The lowest BCUT2D eigenvalue weighted by Gasteiger charge is -2.35. The molecule has 0 saturated carbocycles. The molecule has 7 N–H and O–H groups in total. The lowest BCUT2D eigenvalue weighted by molar-refractivity contribution is -0.144. The van der Waals surface area contributed by atoms with Crippen molar-refractivity contribution in [3.05, 3.63) is 81.7 Å². The smallest absolute Gasteiger partial charge is 0.269 e. The lowest BCUT2D eigenvalue weighted by Crippen LogP contribution is -2.58. The second-order valence-electron chi connectivity index (χ2n) is 20.1. The van der Waals surface area contributed by atoms with E-state index in [-0.39, 0.29) is 75.4 Å². The van der Waals surface area contributed by atoms with Crippen LogP contribution in [0.5, 0.6) is 5.75 Å². The highest BCUT2D eigenvalue weighted by molar-refractivity contribution is 7.13. The zero-order chi connectivity index (χ0) is 53.6. The van der Waals surface area contributed by atoms with Gasteiger partial charge in [0.25, 0.3) is 11.8 Å². The van der Waals surface area contributed by atoms with E-state index >= 15 is 0 Å². The molecule has 3 aliphatic rings. The number of carbonyl (C=O) groups is 5. The van der Waals surface area contributed by atoms with E-state index < -0.39 is 53.1 Å². The number of aryl methyl sites for hydroxylation is 3. The van der Waals surface area contributed by atoms with Gasteiger partial charge >= 0.3 is 0 Å². The zero-order valence-corrected chi connectivity index (χ0v) is 44.3. The Morgan fingerprint density at radius 1 is 0.960 bits per heavy atom. The fourth-order valence-electron chi connectivity index (χ4n) is 9.58. The summed E-state index contributed by atoms with van der Waals surface area (Å²) < 4.78 is 18.8. The molecular weight excluding hydrogens is 983 g/mol. The van der Waals surface area contributed by atoms with Crippen LogP contribution in [-0.4, -0.2) is 167 Å². The second kappa shape index (κ2) is 23.7. The van der Waals surface area contributed by atoms with Crippen molar-refractivity contribution in [2.75, 3.05) is 90.1 Å². The van der Waals surface area contributed by atoms with Gasteiger partial charge in [-0.25, -0.2) is 15.0 Å². The minimum Gasteiger partial charge on any atom is -0.494 e. The van der Waals surface area contributed by atoms with Crippen LogP contribution in [0.25, 0.3) is 21.8 Å². The van der Waals surface area contributed by atoms with Crippen LogP contribution in [-0.2, 0) is 50.3 Å². The lowest BCUT2D eigenvalue weighted by atomic mass is 9.85. The number of ether oxygens (including phenoxy) is 3. The molecule has 0 radical (unpaired) electrons. The van der Waals surface area contributed by atoms with Gasteiger partial charge in [0.15, 0.2) is 11.4 Å². The van der Waals surface area contributed by atoms with Crippen molar-refractivity contribution >= 4 is 58.2 Å². The van der Waals surface area contributed by atoms with Gasteiger partial charge in [-0.2, -0.15) is 5.10 Å². The number of piperazine rings is 1. The third-order valence-electron chi connectivity index (χ3n) is 13.6. The monoisotopic (exact) mass is 1050 g/mol. The number of methoxy groups -OCH3 is 1. The number of aromatic nitrogens is 5. The summed E-state index contributed by atoms with van der Waals surface area (Å²) in [5, 5.41) is 26.9. The highest BCUT2D eigenvalue weighted by Gasteiger charge is 2.44. The molecular formula is C52H67N13O9S. The van der Waals surface area contributed by atoms with Crippen LogP contribution in [0.4, 0.5) is 17.3 Å². The van der Waals surface area contributed by atoms with Crippen LogP contribution in [0, 0.1) is 12.3 Å². The minimum atomic E-state index is -1.02. The summed E-state index contributed by atoms with van der Waals surface area (Å²) in [5.74, 6) is -1.86. The summed E-state index contributed by atoms with van der Waals surface area (Å²) in [7, 11) is 5.30. The number of aliphatic hydroxyl groups is 1. The fraction of sp³-hybridized carbons (Fsp3) is 0.481. The molecule has 5 amide bonds. The maximum absolute atomic E-state index is 14.1. The maximum atomic E-state index is 14.1. The number of primary amides is 1. The molecule has 22 nitrogen and oxygen atoms in total. The third-order valence-corrected chi connectivity index (χ3v) is 14.6. The molecule has 5 heterocycles. The highest BCUT2D eigenvalue weighted by atomic mass is 32.1. The Morgan fingerprint density at radius 2 is 1.71 bits per heavy atom. The summed E-state index contributed by atoms with van der Waals surface area (Å²) in [6, 6.07) is 9.61. The first kappa shape index (κ1) is 54.2. The van der Waals surface area contributed by atoms with Gasteiger partial charge < -0.3 is 61.0 Å². The van der Waals surface area contributed by atoms with Crippen molar-refractivity contribution in [3.8, 4) is 27.6 Å². The van der Waals surface area contributed by atoms with Gasteiger partial charge in [-0.1, -0.05) is 45.0 Å². The van der Waals surface area contributed by atoms with Crippen molar-refractivity contribution in [3.63, 3.8) is 0 Å². The van der Waals surface area contributed by atoms with Crippen LogP contribution >= 0.6 is 11.3 Å². The number of nitrogens with one attached hydrogen (secondary N) is 4. The fourth-order valence-corrected chi connectivity index (χ4v) is 10.4. The van der Waals surface area contributed by atoms with Crippen molar-refractivity contribution < 1.29 is 43.3 Å². The Morgan fingerprint density at radius 3 is 2.40 bits per heavy atom. The number of nitrogens with zero attached hydrogens (tertiary/aromatic N) is 8. The molecule has 400 valence electrons. The van der Waals surface area contributed by atoms with E-state index in [1.165, 1.54) is 12.0 Å². The standard InChI is InChI=1S/C52H67N13O9S/c1-30-45(75-29-57-30)32-10-8-31(9-11-32)25-55-49(70)39-24-35(66)27-65(39)50(71)46(52(2,3)4)59-40(67)28-74-21-20-73-19-14-54-48(69)37-22-34(64-17-15-62(5)16-18-64)23-38(44(37)72-7)58-51-56-26-33-12-13-36-42(47(53)68)61-63(6)43(36)41(33)60-51/h8-11,22-23,26,29,35,39,46,66H,12-21,24-25,27-28H2,1-7H3,(H2,53,68)(H,54,69)(H,55,70)(H,59,67)(H,56,58,60)/t35-,39+,46?/m1/s1. The maximum Gasteiger partial charge on any atom is 0.269 e. The summed E-state index contributed by atoms with van der Waals surface area (Å²) in [5.41, 5.74) is 14.3. The van der Waals surface area contributed by atoms with Crippen molar-refractivity contribution in [2.24, 2.45) is 18.2 Å². The number of fused-ring (bicyclic) bond motifs is 3. The van der Waals surface area contributed by atoms with Crippen molar-refractivity contribution in [1.82, 2.24) is 50.5 Å². The Hall–Kier alpha value is -7.05. The van der Waals surface area contributed by atoms with E-state index in [0.717, 1.165) is 64.7 Å². The van der Waals surface area contributed by atoms with Crippen LogP contribution in [0.1, 0.15) is 70.4 Å². The third kappa shape index (κ3) is 12.7. The van der Waals surface area contributed by atoms with E-state index in [0.29, 0.717) is 29.9 Å². The number of β-amino-alcohol motifs (C(OH)–C–C–N with tert-alkyl or cyclic N) is 1. The van der Waals surface area contributed by atoms with Gasteiger partial charge in [0.2, 0.25) is 23.7 Å². The van der Waals surface area contributed by atoms with Gasteiger partial charge in [-0.15, -0.1) is 11.3 Å². The summed E-state index contributed by atoms with van der Waals surface area (Å²) in [6.07, 6.45) is 2.10. The van der Waals surface area contributed by atoms with Crippen molar-refractivity contribution in [1.29, 1.82) is 0 Å². The number of rotatable bonds is 20. The number of likely N-dealkylation sites (N-methyl/N-ethyl adjacent to an activating group) is 1. The van der Waals surface area contributed by atoms with Gasteiger partial charge in [-0.05, 0) is 61.1 Å². The van der Waals surface area contributed by atoms with Gasteiger partial charge in [0.1, 0.15) is 18.7 Å². The largest absolute Gasteiger partial charge is 0.494 e. The number of nitrogens with two attached hydrogens (primary N) is 1. The number of hydrogen-bond donors (Lipinski definition) is 6. The quantitative estimate of drug-likeness (QED) is 0.0612. The van der Waals surface area contributed by atoms with Crippen LogP contribution in [0.3, 0.4) is 0 Å². The summed E-state index contributed by atoms with van der Waals surface area (Å²) >= 11 is 1.56. The average molecular weight is 1050 g/mol. The van der Waals surface area contributed by atoms with E-state index in [9.17, 15) is 29.1 Å². The topological polar surface area (TPSA) is 274 Å². The molecule has 2 aromatic carbocycles. The molecule has 2 fully saturated rings. The van der Waals surface area contributed by atoms with Crippen LogP contribution in [0.2, 0.25) is 0 Å². The van der Waals surface area contributed by atoms with Crippen molar-refractivity contribution in [2.45, 2.75) is 71.7 Å². The predicted molar refractivity (Wildman–Crippen MR) is 282 cm³/mol. The molecule has 8 rings (SSSR count). The SMILES string of the molecule is COc1c(Nc2ncc3c(n2)-c2c(c(C(N)=O)nn2C)CC3)cc(N2CCN(C)CC2)cc1C(=O)NCCOCCOCC(=O)NC(C(=O)N1C[C@H](O)C[C@H]1C(=O)NCc1ccc(-c2scnc2C)cc1)C(C)(C)C. The number of likely N-dealkylation sites (tertiary alicyclic amines) is 1. The first-order chi connectivity index (χ1) is 35.9. The molecule has 3 aromatic heterocycles. The van der Waals surface area contributed by atoms with Crippen LogP contribution in [0.15, 0.2) is 48.1 Å². The average Bonchev–Trinajstić information content (AvgIpc) is 4.12. The number of carbonyl (C=O) groups excluding carboxylic acids is 5. The Kier molecular flexibility index (Phi) is 17.1. The number of amides is 5. The number of thiazole rings is 1. The number of benzene rings is 2.